The third-order valence-electron chi connectivity index (χ3n) is 4.64. The van der Waals surface area contributed by atoms with Crippen LogP contribution in [-0.4, -0.2) is 31.7 Å². The van der Waals surface area contributed by atoms with Gasteiger partial charge in [-0.3, -0.25) is 4.79 Å². The summed E-state index contributed by atoms with van der Waals surface area (Å²) in [6.07, 6.45) is 3.07. The third kappa shape index (κ3) is 6.40. The smallest absolute Gasteiger partial charge is 0.341 e. The number of hydrogen-bond acceptors (Lipinski definition) is 6. The molecular weight excluding hydrogens is 474 g/mol. The van der Waals surface area contributed by atoms with Crippen molar-refractivity contribution in [2.45, 2.75) is 26.9 Å². The summed E-state index contributed by atoms with van der Waals surface area (Å²) in [6, 6.07) is 12.5. The van der Waals surface area contributed by atoms with E-state index in [1.807, 2.05) is 37.4 Å². The highest BCUT2D eigenvalue weighted by Crippen LogP contribution is 2.37. The van der Waals surface area contributed by atoms with Crippen LogP contribution in [0.25, 0.3) is 17.2 Å². The molecule has 0 saturated carbocycles. The SMILES string of the molecule is CCOC(=O)c1c(-c2ccc(Cl)cc2)csc1NC(=O)C=Cc1ccc(OC(C)C)c(OC)c1. The minimum atomic E-state index is -0.501. The normalized spacial score (nSPS) is 11.0. The van der Waals surface area contributed by atoms with Gasteiger partial charge in [0.2, 0.25) is 5.91 Å². The summed E-state index contributed by atoms with van der Waals surface area (Å²) < 4.78 is 16.3. The van der Waals surface area contributed by atoms with E-state index in [1.54, 1.807) is 44.4 Å². The van der Waals surface area contributed by atoms with Crippen LogP contribution < -0.4 is 14.8 Å². The van der Waals surface area contributed by atoms with Gasteiger partial charge in [-0.05, 0) is 62.2 Å². The number of nitrogens with one attached hydrogen (secondary N) is 1. The number of anilines is 1. The lowest BCUT2D eigenvalue weighted by atomic mass is 10.0. The van der Waals surface area contributed by atoms with Crippen molar-refractivity contribution in [1.82, 2.24) is 0 Å². The van der Waals surface area contributed by atoms with Gasteiger partial charge < -0.3 is 19.5 Å². The van der Waals surface area contributed by atoms with Crippen LogP contribution in [0, 0.1) is 0 Å². The van der Waals surface area contributed by atoms with Gasteiger partial charge in [-0.25, -0.2) is 4.79 Å². The molecule has 1 aromatic heterocycles. The molecule has 8 heteroatoms. The van der Waals surface area contributed by atoms with Gasteiger partial charge in [0.05, 0.1) is 19.8 Å². The second-order valence-corrected chi connectivity index (χ2v) is 8.80. The van der Waals surface area contributed by atoms with Gasteiger partial charge in [-0.1, -0.05) is 29.8 Å². The van der Waals surface area contributed by atoms with Crippen molar-refractivity contribution in [3.8, 4) is 22.6 Å². The van der Waals surface area contributed by atoms with E-state index in [4.69, 9.17) is 25.8 Å². The summed E-state index contributed by atoms with van der Waals surface area (Å²) >= 11 is 7.25. The molecule has 0 fully saturated rings. The van der Waals surface area contributed by atoms with Crippen LogP contribution in [0.4, 0.5) is 5.00 Å². The lowest BCUT2D eigenvalue weighted by Crippen LogP contribution is -2.12. The van der Waals surface area contributed by atoms with Crippen LogP contribution in [0.3, 0.4) is 0 Å². The average molecular weight is 500 g/mol. The maximum absolute atomic E-state index is 12.7. The molecule has 178 valence electrons. The zero-order valence-corrected chi connectivity index (χ0v) is 21.0. The van der Waals surface area contributed by atoms with Crippen molar-refractivity contribution >= 4 is 45.9 Å². The van der Waals surface area contributed by atoms with Crippen molar-refractivity contribution in [1.29, 1.82) is 0 Å². The molecule has 0 saturated heterocycles. The second-order valence-electron chi connectivity index (χ2n) is 7.48. The largest absolute Gasteiger partial charge is 0.493 e. The Morgan fingerprint density at radius 3 is 2.50 bits per heavy atom. The van der Waals surface area contributed by atoms with Crippen LogP contribution in [0.2, 0.25) is 5.02 Å². The number of carbonyl (C=O) groups excluding carboxylic acids is 2. The first kappa shape index (κ1) is 25.3. The van der Waals surface area contributed by atoms with E-state index in [1.165, 1.54) is 17.4 Å². The van der Waals surface area contributed by atoms with E-state index in [2.05, 4.69) is 5.32 Å². The molecule has 1 amide bonds. The molecule has 2 aromatic carbocycles. The van der Waals surface area contributed by atoms with Crippen molar-refractivity contribution in [3.05, 3.63) is 70.1 Å². The number of amides is 1. The molecule has 3 aromatic rings. The minimum absolute atomic E-state index is 0.0122. The van der Waals surface area contributed by atoms with E-state index in [0.717, 1.165) is 11.1 Å². The number of rotatable bonds is 9. The lowest BCUT2D eigenvalue weighted by molar-refractivity contribution is -0.111. The monoisotopic (exact) mass is 499 g/mol. The Bertz CT molecular complexity index is 1180. The molecule has 1 heterocycles. The van der Waals surface area contributed by atoms with E-state index in [-0.39, 0.29) is 18.6 Å². The summed E-state index contributed by atoms with van der Waals surface area (Å²) in [6.45, 7) is 5.83. The van der Waals surface area contributed by atoms with E-state index >= 15 is 0 Å². The molecule has 34 heavy (non-hydrogen) atoms. The molecule has 1 N–H and O–H groups in total. The summed E-state index contributed by atoms with van der Waals surface area (Å²) in [4.78, 5) is 25.3. The molecule has 3 rings (SSSR count). The fraction of sp³-hybridized carbons (Fsp3) is 0.231. The number of esters is 1. The van der Waals surface area contributed by atoms with Gasteiger partial charge in [0.25, 0.3) is 0 Å². The molecule has 0 bridgehead atoms. The average Bonchev–Trinajstić information content (AvgIpc) is 3.22. The van der Waals surface area contributed by atoms with E-state index < -0.39 is 5.97 Å². The number of hydrogen-bond donors (Lipinski definition) is 1. The van der Waals surface area contributed by atoms with Crippen molar-refractivity contribution < 1.29 is 23.8 Å². The summed E-state index contributed by atoms with van der Waals surface area (Å²) in [5.41, 5.74) is 2.55. The van der Waals surface area contributed by atoms with Crippen LogP contribution >= 0.6 is 22.9 Å². The fourth-order valence-electron chi connectivity index (χ4n) is 3.16. The molecule has 0 aliphatic heterocycles. The Morgan fingerprint density at radius 2 is 1.85 bits per heavy atom. The number of ether oxygens (including phenoxy) is 3. The van der Waals surface area contributed by atoms with Crippen LogP contribution in [0.1, 0.15) is 36.7 Å². The molecule has 0 aliphatic carbocycles. The molecule has 6 nitrogen and oxygen atoms in total. The number of methoxy groups -OCH3 is 1. The number of carbonyl (C=O) groups is 2. The lowest BCUT2D eigenvalue weighted by Gasteiger charge is -2.13. The predicted molar refractivity (Wildman–Crippen MR) is 137 cm³/mol. The number of halogens is 1. The Morgan fingerprint density at radius 1 is 1.12 bits per heavy atom. The quantitative estimate of drug-likeness (QED) is 0.262. The molecule has 0 atom stereocenters. The Hall–Kier alpha value is -3.29. The summed E-state index contributed by atoms with van der Waals surface area (Å²) in [5.74, 6) is 0.327. The van der Waals surface area contributed by atoms with Crippen LogP contribution in [0.15, 0.2) is 53.9 Å². The van der Waals surface area contributed by atoms with Gasteiger partial charge >= 0.3 is 5.97 Å². The molecule has 0 spiro atoms. The Labute approximate surface area is 208 Å². The molecule has 0 aliphatic rings. The van der Waals surface area contributed by atoms with Gasteiger partial charge in [0.15, 0.2) is 11.5 Å². The zero-order valence-electron chi connectivity index (χ0n) is 19.4. The van der Waals surface area contributed by atoms with Crippen molar-refractivity contribution in [2.24, 2.45) is 0 Å². The maximum Gasteiger partial charge on any atom is 0.341 e. The summed E-state index contributed by atoms with van der Waals surface area (Å²) in [7, 11) is 1.56. The standard InChI is InChI=1S/C26H26ClNO5S/c1-5-32-26(30)24-20(18-8-10-19(27)11-9-18)15-34-25(24)28-23(29)13-7-17-6-12-21(33-16(2)3)22(14-17)31-4/h6-16H,5H2,1-4H3,(H,28,29). The van der Waals surface area contributed by atoms with E-state index in [9.17, 15) is 9.59 Å². The first-order valence-corrected chi connectivity index (χ1v) is 12.0. The van der Waals surface area contributed by atoms with Crippen LogP contribution in [0.5, 0.6) is 11.5 Å². The number of thiophene rings is 1. The van der Waals surface area contributed by atoms with Crippen molar-refractivity contribution in [2.75, 3.05) is 19.0 Å². The highest BCUT2D eigenvalue weighted by Gasteiger charge is 2.22. The first-order valence-electron chi connectivity index (χ1n) is 10.7. The number of benzene rings is 2. The predicted octanol–water partition coefficient (Wildman–Crippen LogP) is 6.69. The second kappa shape index (κ2) is 11.7. The fourth-order valence-corrected chi connectivity index (χ4v) is 4.25. The van der Waals surface area contributed by atoms with Gasteiger partial charge in [-0.2, -0.15) is 0 Å². The maximum atomic E-state index is 12.7. The molecule has 0 radical (unpaired) electrons. The van der Waals surface area contributed by atoms with Gasteiger partial charge in [-0.15, -0.1) is 11.3 Å². The van der Waals surface area contributed by atoms with Crippen LogP contribution in [-0.2, 0) is 9.53 Å². The summed E-state index contributed by atoms with van der Waals surface area (Å²) in [5, 5.41) is 5.62. The Kier molecular flexibility index (Phi) is 8.73. The van der Waals surface area contributed by atoms with E-state index in [0.29, 0.717) is 32.6 Å². The highest BCUT2D eigenvalue weighted by atomic mass is 35.5. The zero-order chi connectivity index (χ0) is 24.7. The minimum Gasteiger partial charge on any atom is -0.493 e. The van der Waals surface area contributed by atoms with Crippen molar-refractivity contribution in [3.63, 3.8) is 0 Å². The first-order chi connectivity index (χ1) is 16.3. The van der Waals surface area contributed by atoms with Gasteiger partial charge in [0.1, 0.15) is 10.6 Å². The Balaban J connectivity index is 1.82. The molecule has 0 unspecified atom stereocenters. The topological polar surface area (TPSA) is 73.9 Å². The van der Waals surface area contributed by atoms with Gasteiger partial charge in [0, 0.05) is 22.0 Å². The molecular formula is C26H26ClNO5S. The third-order valence-corrected chi connectivity index (χ3v) is 5.79. The highest BCUT2D eigenvalue weighted by molar-refractivity contribution is 7.15.